The normalized spacial score (nSPS) is 18.2. The number of nitrogens with zero attached hydrogens (tertiary/aromatic N) is 4. The zero-order chi connectivity index (χ0) is 33.0. The summed E-state index contributed by atoms with van der Waals surface area (Å²) in [6.07, 6.45) is 3.89. The van der Waals surface area contributed by atoms with Gasteiger partial charge in [0.1, 0.15) is 5.01 Å². The molecule has 2 aliphatic carbocycles. The van der Waals surface area contributed by atoms with Crippen LogP contribution in [0.1, 0.15) is 53.9 Å². The van der Waals surface area contributed by atoms with E-state index in [4.69, 9.17) is 4.74 Å². The molecule has 16 heteroatoms. The van der Waals surface area contributed by atoms with E-state index in [9.17, 15) is 29.7 Å². The Balaban J connectivity index is 1.34. The lowest BCUT2D eigenvalue weighted by molar-refractivity contribution is -0.323. The van der Waals surface area contributed by atoms with E-state index >= 15 is 0 Å². The van der Waals surface area contributed by atoms with Gasteiger partial charge in [0.05, 0.1) is 30.5 Å². The van der Waals surface area contributed by atoms with Crippen LogP contribution in [0, 0.1) is 5.92 Å². The molecule has 2 aliphatic rings. The summed E-state index contributed by atoms with van der Waals surface area (Å²) in [5.74, 6) is -1.15. The molecule has 5 rings (SSSR count). The topological polar surface area (TPSA) is 211 Å². The standard InChI is InChI=1S/C30H38N8O7S/c1-38(2)18-11-9-17(10-12-18)32-24(39)13-19-15-31-29(46-19)20-5-4-6-21(26(20)45-3)33-22-14-23(34-27(40)16-7-8-16)36-37-25(22)28(41)35-30(42,43)44/h4-6,14-18,42-44H,7-13H2,1-3H3,(H,32,39)(H,35,41)(H2,33,34,36,40). The number of para-hydroxylation sites is 1. The third-order valence-corrected chi connectivity index (χ3v) is 8.92. The first-order valence-corrected chi connectivity index (χ1v) is 15.7. The molecule has 0 unspecified atom stereocenters. The number of aliphatic hydroxyl groups is 3. The second-order valence-corrected chi connectivity index (χ2v) is 12.8. The third kappa shape index (κ3) is 8.52. The van der Waals surface area contributed by atoms with Gasteiger partial charge in [0, 0.05) is 35.1 Å². The lowest BCUT2D eigenvalue weighted by Crippen LogP contribution is -2.48. The van der Waals surface area contributed by atoms with Gasteiger partial charge in [0.15, 0.2) is 17.3 Å². The minimum atomic E-state index is -3.50. The number of benzene rings is 1. The minimum absolute atomic E-state index is 0.0226. The molecule has 0 saturated heterocycles. The molecular weight excluding hydrogens is 616 g/mol. The molecule has 3 amide bonds. The van der Waals surface area contributed by atoms with Crippen molar-refractivity contribution in [3.05, 3.63) is 41.0 Å². The van der Waals surface area contributed by atoms with Crippen molar-refractivity contribution in [3.63, 3.8) is 0 Å². The van der Waals surface area contributed by atoms with Crippen LogP contribution in [0.25, 0.3) is 10.6 Å². The number of hydrogen-bond donors (Lipinski definition) is 7. The molecule has 2 fully saturated rings. The summed E-state index contributed by atoms with van der Waals surface area (Å²) in [7, 11) is 5.64. The Bertz CT molecular complexity index is 1580. The highest BCUT2D eigenvalue weighted by Crippen LogP contribution is 2.40. The maximum Gasteiger partial charge on any atom is 0.369 e. The average Bonchev–Trinajstić information content (AvgIpc) is 3.75. The monoisotopic (exact) mass is 654 g/mol. The second-order valence-electron chi connectivity index (χ2n) is 11.7. The molecular formula is C30H38N8O7S. The Labute approximate surface area is 269 Å². The van der Waals surface area contributed by atoms with Crippen molar-refractivity contribution in [2.45, 2.75) is 63.1 Å². The largest absolute Gasteiger partial charge is 0.494 e. The maximum atomic E-state index is 12.8. The molecule has 3 aromatic rings. The number of amides is 3. The van der Waals surface area contributed by atoms with E-state index in [0.717, 1.165) is 43.4 Å². The van der Waals surface area contributed by atoms with Crippen molar-refractivity contribution in [1.82, 2.24) is 30.7 Å². The van der Waals surface area contributed by atoms with Crippen molar-refractivity contribution in [1.29, 1.82) is 0 Å². The minimum Gasteiger partial charge on any atom is -0.494 e. The molecule has 2 heterocycles. The van der Waals surface area contributed by atoms with E-state index in [2.05, 4.69) is 50.1 Å². The van der Waals surface area contributed by atoms with Crippen LogP contribution >= 0.6 is 11.3 Å². The highest BCUT2D eigenvalue weighted by atomic mass is 32.1. The molecule has 0 bridgehead atoms. The highest BCUT2D eigenvalue weighted by molar-refractivity contribution is 7.15. The third-order valence-electron chi connectivity index (χ3n) is 7.89. The quantitative estimate of drug-likeness (QED) is 0.139. The van der Waals surface area contributed by atoms with Gasteiger partial charge in [0.2, 0.25) is 11.8 Å². The first kappa shape index (κ1) is 33.2. The number of carbonyl (C=O) groups excluding carboxylic acids is 3. The molecule has 2 saturated carbocycles. The van der Waals surface area contributed by atoms with Gasteiger partial charge >= 0.3 is 6.10 Å². The Morgan fingerprint density at radius 2 is 1.78 bits per heavy atom. The van der Waals surface area contributed by atoms with Gasteiger partial charge in [-0.3, -0.25) is 19.7 Å². The highest BCUT2D eigenvalue weighted by Gasteiger charge is 2.31. The van der Waals surface area contributed by atoms with Gasteiger partial charge in [-0.15, -0.1) is 21.5 Å². The number of methoxy groups -OCH3 is 1. The number of carbonyl (C=O) groups is 3. The number of ether oxygens (including phenoxy) is 1. The summed E-state index contributed by atoms with van der Waals surface area (Å²) in [5.41, 5.74) is 0.611. The summed E-state index contributed by atoms with van der Waals surface area (Å²) < 4.78 is 5.73. The number of hydrogen-bond acceptors (Lipinski definition) is 13. The summed E-state index contributed by atoms with van der Waals surface area (Å²) in [6, 6.07) is 7.28. The van der Waals surface area contributed by atoms with Gasteiger partial charge in [-0.1, -0.05) is 6.07 Å². The molecule has 0 spiro atoms. The summed E-state index contributed by atoms with van der Waals surface area (Å²) in [5, 5.41) is 46.6. The Hall–Kier alpha value is -4.22. The van der Waals surface area contributed by atoms with Crippen LogP contribution in [0.4, 0.5) is 17.2 Å². The van der Waals surface area contributed by atoms with Gasteiger partial charge < -0.3 is 40.9 Å². The van der Waals surface area contributed by atoms with Crippen LogP contribution < -0.4 is 26.0 Å². The fourth-order valence-electron chi connectivity index (χ4n) is 5.36. The van der Waals surface area contributed by atoms with Crippen LogP contribution in [0.3, 0.4) is 0 Å². The number of rotatable bonds is 12. The number of anilines is 3. The van der Waals surface area contributed by atoms with Gasteiger partial charge in [-0.2, -0.15) is 0 Å². The van der Waals surface area contributed by atoms with Crippen LogP contribution in [-0.4, -0.2) is 92.5 Å². The van der Waals surface area contributed by atoms with E-state index in [1.165, 1.54) is 24.5 Å². The first-order chi connectivity index (χ1) is 21.9. The average molecular weight is 655 g/mol. The molecule has 2 aromatic heterocycles. The number of thiazole rings is 1. The van der Waals surface area contributed by atoms with Gasteiger partial charge in [-0.05, 0) is 64.8 Å². The van der Waals surface area contributed by atoms with Crippen molar-refractivity contribution in [2.24, 2.45) is 5.92 Å². The first-order valence-electron chi connectivity index (χ1n) is 14.9. The fraction of sp³-hybridized carbons (Fsp3) is 0.467. The van der Waals surface area contributed by atoms with E-state index in [-0.39, 0.29) is 41.7 Å². The molecule has 7 N–H and O–H groups in total. The Kier molecular flexibility index (Phi) is 10.1. The van der Waals surface area contributed by atoms with Crippen LogP contribution in [-0.2, 0) is 16.0 Å². The van der Waals surface area contributed by atoms with Crippen LogP contribution in [0.15, 0.2) is 30.5 Å². The van der Waals surface area contributed by atoms with E-state index < -0.39 is 17.7 Å². The molecule has 15 nitrogen and oxygen atoms in total. The van der Waals surface area contributed by atoms with Crippen molar-refractivity contribution in [3.8, 4) is 16.3 Å². The van der Waals surface area contributed by atoms with Crippen molar-refractivity contribution >= 4 is 46.3 Å². The van der Waals surface area contributed by atoms with Crippen molar-refractivity contribution < 1.29 is 34.4 Å². The summed E-state index contributed by atoms with van der Waals surface area (Å²) in [4.78, 5) is 45.4. The second kappa shape index (κ2) is 14.0. The van der Waals surface area contributed by atoms with Crippen LogP contribution in [0.5, 0.6) is 5.75 Å². The molecule has 46 heavy (non-hydrogen) atoms. The smallest absolute Gasteiger partial charge is 0.369 e. The predicted octanol–water partition coefficient (Wildman–Crippen LogP) is 1.55. The molecule has 0 atom stereocenters. The summed E-state index contributed by atoms with van der Waals surface area (Å²) in [6.45, 7) is 0. The fourth-order valence-corrected chi connectivity index (χ4v) is 6.29. The molecule has 0 radical (unpaired) electrons. The van der Waals surface area contributed by atoms with E-state index in [1.807, 2.05) is 0 Å². The van der Waals surface area contributed by atoms with Gasteiger partial charge in [-0.25, -0.2) is 4.98 Å². The number of aromatic nitrogens is 3. The van der Waals surface area contributed by atoms with Gasteiger partial charge in [0.25, 0.3) is 5.91 Å². The molecule has 246 valence electrons. The molecule has 1 aromatic carbocycles. The zero-order valence-corrected chi connectivity index (χ0v) is 26.6. The van der Waals surface area contributed by atoms with Crippen LogP contribution in [0.2, 0.25) is 0 Å². The van der Waals surface area contributed by atoms with Crippen molar-refractivity contribution in [2.75, 3.05) is 31.8 Å². The van der Waals surface area contributed by atoms with E-state index in [0.29, 0.717) is 28.0 Å². The molecule has 0 aliphatic heterocycles. The maximum absolute atomic E-state index is 12.8. The predicted molar refractivity (Wildman–Crippen MR) is 169 cm³/mol. The lowest BCUT2D eigenvalue weighted by atomic mass is 9.90. The zero-order valence-electron chi connectivity index (χ0n) is 25.7. The summed E-state index contributed by atoms with van der Waals surface area (Å²) >= 11 is 1.35. The lowest BCUT2D eigenvalue weighted by Gasteiger charge is -2.32. The SMILES string of the molecule is COc1c(Nc2cc(NC(=O)C3CC3)nnc2C(=O)NC(O)(O)O)cccc1-c1ncc(CC(=O)NC2CCC(N(C)C)CC2)s1. The Morgan fingerprint density at radius 1 is 1.04 bits per heavy atom. The van der Waals surface area contributed by atoms with E-state index in [1.54, 1.807) is 29.7 Å². The Morgan fingerprint density at radius 3 is 2.43 bits per heavy atom. The number of nitrogens with one attached hydrogen (secondary N) is 4.